The molecule has 0 fully saturated rings. The first-order valence-electron chi connectivity index (χ1n) is 4.77. The van der Waals surface area contributed by atoms with Crippen LogP contribution in [-0.4, -0.2) is 19.2 Å². The number of hydrogen-bond donors (Lipinski definition) is 0. The summed E-state index contributed by atoms with van der Waals surface area (Å²) in [5.74, 6) is 0.202. The first kappa shape index (κ1) is 10.8. The average molecular weight is 196 g/mol. The molecule has 1 aliphatic rings. The Labute approximate surface area is 84.4 Å². The third-order valence-corrected chi connectivity index (χ3v) is 2.30. The maximum atomic E-state index is 11.3. The first-order chi connectivity index (χ1) is 6.69. The van der Waals surface area contributed by atoms with Gasteiger partial charge in [-0.05, 0) is 13.0 Å². The molecule has 2 atom stereocenters. The van der Waals surface area contributed by atoms with Crippen molar-refractivity contribution < 1.29 is 14.3 Å². The van der Waals surface area contributed by atoms with Gasteiger partial charge in [0.05, 0.1) is 7.11 Å². The highest BCUT2D eigenvalue weighted by atomic mass is 16.6. The second-order valence-corrected chi connectivity index (χ2v) is 3.34. The maximum Gasteiger partial charge on any atom is 0.373 e. The summed E-state index contributed by atoms with van der Waals surface area (Å²) in [4.78, 5) is 11.3. The topological polar surface area (TPSA) is 35.5 Å². The summed E-state index contributed by atoms with van der Waals surface area (Å²) in [5.41, 5.74) is 0. The van der Waals surface area contributed by atoms with E-state index in [0.29, 0.717) is 5.76 Å². The summed E-state index contributed by atoms with van der Waals surface area (Å²) in [6.07, 6.45) is 6.45. The average Bonchev–Trinajstić information content (AvgIpc) is 2.18. The highest BCUT2D eigenvalue weighted by Crippen LogP contribution is 2.21. The zero-order valence-electron chi connectivity index (χ0n) is 8.82. The molecule has 1 heterocycles. The summed E-state index contributed by atoms with van der Waals surface area (Å²) in [6, 6.07) is 0. The lowest BCUT2D eigenvalue weighted by atomic mass is 9.99. The van der Waals surface area contributed by atoms with Gasteiger partial charge in [-0.15, -0.1) is 0 Å². The van der Waals surface area contributed by atoms with Gasteiger partial charge in [0, 0.05) is 12.3 Å². The maximum absolute atomic E-state index is 11.3. The van der Waals surface area contributed by atoms with Crippen molar-refractivity contribution in [2.24, 2.45) is 5.92 Å². The highest BCUT2D eigenvalue weighted by molar-refractivity contribution is 5.87. The normalized spacial score (nSPS) is 24.4. The summed E-state index contributed by atoms with van der Waals surface area (Å²) in [6.45, 7) is 3.99. The summed E-state index contributed by atoms with van der Waals surface area (Å²) < 4.78 is 10.1. The van der Waals surface area contributed by atoms with Gasteiger partial charge in [-0.1, -0.05) is 19.1 Å². The van der Waals surface area contributed by atoms with Crippen molar-refractivity contribution in [1.82, 2.24) is 0 Å². The third kappa shape index (κ3) is 2.37. The minimum atomic E-state index is -0.361. The van der Waals surface area contributed by atoms with Crippen LogP contribution in [0.4, 0.5) is 0 Å². The van der Waals surface area contributed by atoms with Gasteiger partial charge in [-0.25, -0.2) is 4.79 Å². The summed E-state index contributed by atoms with van der Waals surface area (Å²) >= 11 is 0. The van der Waals surface area contributed by atoms with Crippen molar-refractivity contribution in [3.05, 3.63) is 24.0 Å². The van der Waals surface area contributed by atoms with Gasteiger partial charge < -0.3 is 9.47 Å². The van der Waals surface area contributed by atoms with Crippen LogP contribution in [0.1, 0.15) is 20.3 Å². The van der Waals surface area contributed by atoms with Crippen molar-refractivity contribution in [2.75, 3.05) is 7.11 Å². The van der Waals surface area contributed by atoms with Gasteiger partial charge in [0.15, 0.2) is 5.76 Å². The molecule has 0 saturated carbocycles. The molecule has 0 spiro atoms. The van der Waals surface area contributed by atoms with E-state index in [1.54, 1.807) is 6.08 Å². The van der Waals surface area contributed by atoms with E-state index in [1.165, 1.54) is 7.11 Å². The van der Waals surface area contributed by atoms with Gasteiger partial charge >= 0.3 is 5.97 Å². The third-order valence-electron chi connectivity index (χ3n) is 2.30. The molecule has 0 radical (unpaired) electrons. The van der Waals surface area contributed by atoms with E-state index in [2.05, 4.69) is 0 Å². The fraction of sp³-hybridized carbons (Fsp3) is 0.545. The van der Waals surface area contributed by atoms with Crippen LogP contribution in [0.2, 0.25) is 0 Å². The van der Waals surface area contributed by atoms with E-state index < -0.39 is 0 Å². The Morgan fingerprint density at radius 3 is 2.93 bits per heavy atom. The summed E-state index contributed by atoms with van der Waals surface area (Å²) in [5, 5.41) is 0. The number of esters is 1. The molecule has 3 nitrogen and oxygen atoms in total. The SMILES string of the molecule is C/C=C/[C@H](C)[C@@H]1CC=C(OC)C(=O)O1. The van der Waals surface area contributed by atoms with E-state index in [4.69, 9.17) is 9.47 Å². The molecule has 0 aromatic rings. The van der Waals surface area contributed by atoms with Gasteiger partial charge in [-0.3, -0.25) is 0 Å². The van der Waals surface area contributed by atoms with E-state index in [0.717, 1.165) is 6.42 Å². The zero-order chi connectivity index (χ0) is 10.6. The second kappa shape index (κ2) is 4.84. The van der Waals surface area contributed by atoms with Crippen LogP contribution in [-0.2, 0) is 14.3 Å². The Morgan fingerprint density at radius 2 is 2.43 bits per heavy atom. The number of cyclic esters (lactones) is 1. The minimum Gasteiger partial charge on any atom is -0.490 e. The molecule has 14 heavy (non-hydrogen) atoms. The number of rotatable bonds is 3. The number of allylic oxidation sites excluding steroid dienone is 1. The first-order valence-corrected chi connectivity index (χ1v) is 4.77. The number of methoxy groups -OCH3 is 1. The molecule has 3 heteroatoms. The molecule has 0 N–H and O–H groups in total. The molecule has 78 valence electrons. The number of ether oxygens (including phenoxy) is 2. The van der Waals surface area contributed by atoms with Crippen LogP contribution in [0, 0.1) is 5.92 Å². The molecule has 1 rings (SSSR count). The lowest BCUT2D eigenvalue weighted by molar-refractivity contribution is -0.151. The molecule has 0 aliphatic carbocycles. The largest absolute Gasteiger partial charge is 0.490 e. The molecule has 0 aromatic heterocycles. The minimum absolute atomic E-state index is 0.0578. The Morgan fingerprint density at radius 1 is 1.71 bits per heavy atom. The summed E-state index contributed by atoms with van der Waals surface area (Å²) in [7, 11) is 1.47. The van der Waals surface area contributed by atoms with Crippen molar-refractivity contribution in [3.63, 3.8) is 0 Å². The Balaban J connectivity index is 2.63. The predicted molar refractivity (Wildman–Crippen MR) is 53.6 cm³/mol. The van der Waals surface area contributed by atoms with Crippen LogP contribution in [0.15, 0.2) is 24.0 Å². The van der Waals surface area contributed by atoms with E-state index in [9.17, 15) is 4.79 Å². The molecule has 0 bridgehead atoms. The standard InChI is InChI=1S/C11H16O3/c1-4-5-8(2)9-6-7-10(13-3)11(12)14-9/h4-5,7-9H,6H2,1-3H3/b5-4+/t8-,9-/m0/s1. The van der Waals surface area contributed by atoms with Crippen LogP contribution in [0.3, 0.4) is 0 Å². The van der Waals surface area contributed by atoms with Crippen LogP contribution in [0.25, 0.3) is 0 Å². The van der Waals surface area contributed by atoms with Gasteiger partial charge in [0.25, 0.3) is 0 Å². The quantitative estimate of drug-likeness (QED) is 0.512. The molecule has 0 aromatic carbocycles. The van der Waals surface area contributed by atoms with Crippen molar-refractivity contribution in [3.8, 4) is 0 Å². The number of carbonyl (C=O) groups is 1. The second-order valence-electron chi connectivity index (χ2n) is 3.34. The molecular formula is C11H16O3. The fourth-order valence-electron chi connectivity index (χ4n) is 1.47. The van der Waals surface area contributed by atoms with Crippen molar-refractivity contribution in [1.29, 1.82) is 0 Å². The predicted octanol–water partition coefficient (Wildman–Crippen LogP) is 2.04. The Hall–Kier alpha value is -1.25. The molecule has 0 saturated heterocycles. The lowest BCUT2D eigenvalue weighted by Gasteiger charge is -2.24. The molecular weight excluding hydrogens is 180 g/mol. The molecule has 0 amide bonds. The van der Waals surface area contributed by atoms with Gasteiger partial charge in [0.1, 0.15) is 6.10 Å². The lowest BCUT2D eigenvalue weighted by Crippen LogP contribution is -2.28. The number of carbonyl (C=O) groups excluding carboxylic acids is 1. The zero-order valence-corrected chi connectivity index (χ0v) is 8.82. The van der Waals surface area contributed by atoms with E-state index in [1.807, 2.05) is 26.0 Å². The highest BCUT2D eigenvalue weighted by Gasteiger charge is 2.26. The van der Waals surface area contributed by atoms with Gasteiger partial charge in [-0.2, -0.15) is 0 Å². The van der Waals surface area contributed by atoms with Crippen LogP contribution >= 0.6 is 0 Å². The van der Waals surface area contributed by atoms with Crippen molar-refractivity contribution in [2.45, 2.75) is 26.4 Å². The van der Waals surface area contributed by atoms with Crippen LogP contribution in [0.5, 0.6) is 0 Å². The van der Waals surface area contributed by atoms with Crippen molar-refractivity contribution >= 4 is 5.97 Å². The number of hydrogen-bond acceptors (Lipinski definition) is 3. The van der Waals surface area contributed by atoms with E-state index >= 15 is 0 Å². The Bertz CT molecular complexity index is 266. The molecule has 0 unspecified atom stereocenters. The smallest absolute Gasteiger partial charge is 0.373 e. The monoisotopic (exact) mass is 196 g/mol. The molecule has 1 aliphatic heterocycles. The van der Waals surface area contributed by atoms with Gasteiger partial charge in [0.2, 0.25) is 0 Å². The van der Waals surface area contributed by atoms with Crippen LogP contribution < -0.4 is 0 Å². The Kier molecular flexibility index (Phi) is 3.74. The van der Waals surface area contributed by atoms with E-state index in [-0.39, 0.29) is 18.0 Å². The fourth-order valence-corrected chi connectivity index (χ4v) is 1.47.